The number of hydrogen-bond acceptors (Lipinski definition) is 3. The number of halogens is 1. The standard InChI is InChI=1S/C16H19BFN3/c1-17(2)12-5-10-16(15(18)11-12)20-19-13-6-8-14(9-7-13)21(3)4/h5-11H,1-4H3. The third-order valence-electron chi connectivity index (χ3n) is 3.28. The minimum Gasteiger partial charge on any atom is -0.378 e. The van der Waals surface area contributed by atoms with E-state index in [1.54, 1.807) is 6.07 Å². The average Bonchev–Trinajstić information content (AvgIpc) is 2.46. The highest BCUT2D eigenvalue weighted by Gasteiger charge is 2.07. The van der Waals surface area contributed by atoms with Crippen molar-refractivity contribution in [2.75, 3.05) is 19.0 Å². The molecular weight excluding hydrogens is 264 g/mol. The fourth-order valence-electron chi connectivity index (χ4n) is 1.89. The molecule has 0 bridgehead atoms. The molecule has 0 amide bonds. The van der Waals surface area contributed by atoms with Gasteiger partial charge in [-0.05, 0) is 36.4 Å². The zero-order valence-corrected chi connectivity index (χ0v) is 12.8. The summed E-state index contributed by atoms with van der Waals surface area (Å²) in [5.41, 5.74) is 3.01. The Labute approximate surface area is 125 Å². The highest BCUT2D eigenvalue weighted by molar-refractivity contribution is 6.70. The molecule has 5 heteroatoms. The predicted octanol–water partition coefficient (Wildman–Crippen LogP) is 4.27. The maximum absolute atomic E-state index is 13.9. The fourth-order valence-corrected chi connectivity index (χ4v) is 1.89. The Morgan fingerprint density at radius 1 is 0.952 bits per heavy atom. The zero-order chi connectivity index (χ0) is 15.4. The molecule has 0 atom stereocenters. The van der Waals surface area contributed by atoms with E-state index < -0.39 is 0 Å². The Hall–Kier alpha value is -2.17. The van der Waals surface area contributed by atoms with Crippen molar-refractivity contribution in [3.8, 4) is 0 Å². The van der Waals surface area contributed by atoms with Gasteiger partial charge in [-0.15, -0.1) is 5.11 Å². The monoisotopic (exact) mass is 283 g/mol. The van der Waals surface area contributed by atoms with E-state index in [9.17, 15) is 4.39 Å². The number of hydrogen-bond donors (Lipinski definition) is 0. The summed E-state index contributed by atoms with van der Waals surface area (Å²) < 4.78 is 13.9. The van der Waals surface area contributed by atoms with Crippen LogP contribution in [-0.4, -0.2) is 20.8 Å². The smallest absolute Gasteiger partial charge is 0.169 e. The Morgan fingerprint density at radius 3 is 2.14 bits per heavy atom. The normalized spacial score (nSPS) is 10.9. The van der Waals surface area contributed by atoms with Gasteiger partial charge in [-0.1, -0.05) is 25.2 Å². The van der Waals surface area contributed by atoms with Crippen LogP contribution in [0.3, 0.4) is 0 Å². The van der Waals surface area contributed by atoms with Crippen LogP contribution in [0.25, 0.3) is 0 Å². The third-order valence-corrected chi connectivity index (χ3v) is 3.28. The van der Waals surface area contributed by atoms with Crippen LogP contribution in [-0.2, 0) is 0 Å². The highest BCUT2D eigenvalue weighted by Crippen LogP contribution is 2.22. The van der Waals surface area contributed by atoms with E-state index in [1.807, 2.05) is 63.0 Å². The Balaban J connectivity index is 2.17. The molecule has 0 radical (unpaired) electrons. The quantitative estimate of drug-likeness (QED) is 0.608. The molecule has 2 aromatic rings. The van der Waals surface area contributed by atoms with E-state index >= 15 is 0 Å². The summed E-state index contributed by atoms with van der Waals surface area (Å²) in [6.07, 6.45) is 0. The summed E-state index contributed by atoms with van der Waals surface area (Å²) in [4.78, 5) is 2.01. The molecule has 0 N–H and O–H groups in total. The van der Waals surface area contributed by atoms with Gasteiger partial charge in [0.25, 0.3) is 0 Å². The number of anilines is 1. The van der Waals surface area contributed by atoms with Crippen molar-refractivity contribution < 1.29 is 4.39 Å². The van der Waals surface area contributed by atoms with Crippen molar-refractivity contribution in [3.05, 3.63) is 48.3 Å². The molecular formula is C16H19BFN3. The first kappa shape index (κ1) is 15.2. The van der Waals surface area contributed by atoms with Gasteiger partial charge in [0.15, 0.2) is 6.71 Å². The first-order valence-electron chi connectivity index (χ1n) is 6.96. The van der Waals surface area contributed by atoms with Gasteiger partial charge in [0.1, 0.15) is 11.5 Å². The van der Waals surface area contributed by atoms with Gasteiger partial charge in [-0.3, -0.25) is 0 Å². The Morgan fingerprint density at radius 2 is 1.62 bits per heavy atom. The minimum atomic E-state index is -0.338. The van der Waals surface area contributed by atoms with Crippen molar-refractivity contribution in [3.63, 3.8) is 0 Å². The van der Waals surface area contributed by atoms with Gasteiger partial charge in [0.2, 0.25) is 0 Å². The van der Waals surface area contributed by atoms with E-state index in [0.29, 0.717) is 12.4 Å². The van der Waals surface area contributed by atoms with Gasteiger partial charge in [-0.2, -0.15) is 5.11 Å². The maximum atomic E-state index is 13.9. The van der Waals surface area contributed by atoms with Gasteiger partial charge in [-0.25, -0.2) is 4.39 Å². The molecule has 0 aliphatic rings. The molecule has 0 aliphatic carbocycles. The largest absolute Gasteiger partial charge is 0.378 e. The van der Waals surface area contributed by atoms with Crippen LogP contribution in [0.5, 0.6) is 0 Å². The lowest BCUT2D eigenvalue weighted by Gasteiger charge is -2.11. The van der Waals surface area contributed by atoms with E-state index in [2.05, 4.69) is 10.2 Å². The minimum absolute atomic E-state index is 0.260. The zero-order valence-electron chi connectivity index (χ0n) is 12.8. The lowest BCUT2D eigenvalue weighted by atomic mass is 9.49. The SMILES string of the molecule is CB(C)c1ccc(N=Nc2ccc(N(C)C)cc2)c(F)c1. The Kier molecular flexibility index (Phi) is 4.73. The molecule has 3 nitrogen and oxygen atoms in total. The number of rotatable bonds is 4. The summed E-state index contributed by atoms with van der Waals surface area (Å²) in [5.74, 6) is -0.338. The topological polar surface area (TPSA) is 28.0 Å². The summed E-state index contributed by atoms with van der Waals surface area (Å²) in [6, 6.07) is 12.7. The molecule has 0 spiro atoms. The van der Waals surface area contributed by atoms with Crippen molar-refractivity contribution in [2.45, 2.75) is 13.6 Å². The Bertz CT molecular complexity index is 636. The molecule has 0 unspecified atom stereocenters. The third kappa shape index (κ3) is 3.91. The van der Waals surface area contributed by atoms with Crippen LogP contribution in [0, 0.1) is 5.82 Å². The summed E-state index contributed by atoms with van der Waals surface area (Å²) in [7, 11) is 3.95. The lowest BCUT2D eigenvalue weighted by molar-refractivity contribution is 0.629. The average molecular weight is 283 g/mol. The van der Waals surface area contributed by atoms with E-state index in [4.69, 9.17) is 0 Å². The van der Waals surface area contributed by atoms with Gasteiger partial charge < -0.3 is 4.90 Å². The number of azo groups is 1. The van der Waals surface area contributed by atoms with Crippen molar-refractivity contribution in [1.29, 1.82) is 0 Å². The molecule has 0 heterocycles. The predicted molar refractivity (Wildman–Crippen MR) is 88.5 cm³/mol. The maximum Gasteiger partial charge on any atom is 0.169 e. The second-order valence-electron chi connectivity index (χ2n) is 5.48. The molecule has 0 saturated carbocycles. The van der Waals surface area contributed by atoms with Crippen LogP contribution in [0.2, 0.25) is 13.6 Å². The van der Waals surface area contributed by atoms with Crippen LogP contribution in [0.15, 0.2) is 52.7 Å². The molecule has 2 rings (SSSR count). The molecule has 0 saturated heterocycles. The molecule has 108 valence electrons. The summed E-state index contributed by atoms with van der Waals surface area (Å²) in [5, 5.41) is 8.07. The van der Waals surface area contributed by atoms with Crippen LogP contribution < -0.4 is 10.4 Å². The van der Waals surface area contributed by atoms with E-state index in [-0.39, 0.29) is 11.5 Å². The van der Waals surface area contributed by atoms with E-state index in [0.717, 1.165) is 11.2 Å². The molecule has 0 aliphatic heterocycles. The number of nitrogens with zero attached hydrogens (tertiary/aromatic N) is 3. The lowest BCUT2D eigenvalue weighted by Crippen LogP contribution is -2.22. The van der Waals surface area contributed by atoms with Gasteiger partial charge >= 0.3 is 0 Å². The van der Waals surface area contributed by atoms with Crippen LogP contribution in [0.4, 0.5) is 21.5 Å². The fraction of sp³-hybridized carbons (Fsp3) is 0.250. The summed E-state index contributed by atoms with van der Waals surface area (Å²) >= 11 is 0. The van der Waals surface area contributed by atoms with Crippen molar-refractivity contribution >= 4 is 29.2 Å². The molecule has 0 fully saturated rings. The first-order valence-corrected chi connectivity index (χ1v) is 6.96. The second kappa shape index (κ2) is 6.52. The highest BCUT2D eigenvalue weighted by atomic mass is 19.1. The van der Waals surface area contributed by atoms with Crippen molar-refractivity contribution in [2.24, 2.45) is 10.2 Å². The molecule has 0 aromatic heterocycles. The first-order chi connectivity index (χ1) is 9.97. The van der Waals surface area contributed by atoms with Crippen LogP contribution >= 0.6 is 0 Å². The van der Waals surface area contributed by atoms with Gasteiger partial charge in [0.05, 0.1) is 5.69 Å². The molecule has 2 aromatic carbocycles. The van der Waals surface area contributed by atoms with Gasteiger partial charge in [0, 0.05) is 19.8 Å². The van der Waals surface area contributed by atoms with Crippen molar-refractivity contribution in [1.82, 2.24) is 0 Å². The van der Waals surface area contributed by atoms with E-state index in [1.165, 1.54) is 6.07 Å². The molecule has 21 heavy (non-hydrogen) atoms. The van der Waals surface area contributed by atoms with Crippen LogP contribution in [0.1, 0.15) is 0 Å². The second-order valence-corrected chi connectivity index (χ2v) is 5.48. The summed E-state index contributed by atoms with van der Waals surface area (Å²) in [6.45, 7) is 4.36. The number of benzene rings is 2.